The van der Waals surface area contributed by atoms with Gasteiger partial charge in [-0.25, -0.2) is 4.39 Å². The number of hydrogen-bond donors (Lipinski definition) is 2. The first kappa shape index (κ1) is 19.4. The molecule has 0 fully saturated rings. The third-order valence-electron chi connectivity index (χ3n) is 4.18. The number of rotatable bonds is 8. The summed E-state index contributed by atoms with van der Waals surface area (Å²) in [6.07, 6.45) is -0.533. The van der Waals surface area contributed by atoms with E-state index >= 15 is 0 Å². The van der Waals surface area contributed by atoms with Gasteiger partial charge in [-0.05, 0) is 35.4 Å². The van der Waals surface area contributed by atoms with Crippen molar-refractivity contribution in [2.45, 2.75) is 19.3 Å². The van der Waals surface area contributed by atoms with Crippen LogP contribution in [0.3, 0.4) is 0 Å². The minimum absolute atomic E-state index is 0.278. The minimum atomic E-state index is -0.533. The third kappa shape index (κ3) is 5.79. The van der Waals surface area contributed by atoms with Crippen LogP contribution in [0.5, 0.6) is 5.75 Å². The molecule has 0 aliphatic heterocycles. The van der Waals surface area contributed by atoms with Crippen molar-refractivity contribution >= 4 is 11.6 Å². The van der Waals surface area contributed by atoms with E-state index in [0.717, 1.165) is 16.7 Å². The Morgan fingerprint density at radius 3 is 2.44 bits per heavy atom. The molecule has 0 aromatic heterocycles. The van der Waals surface area contributed by atoms with Crippen LogP contribution in [0.25, 0.3) is 0 Å². The largest absolute Gasteiger partial charge is 0.489 e. The lowest BCUT2D eigenvalue weighted by Crippen LogP contribution is -2.20. The molecule has 0 aliphatic carbocycles. The number of halogens is 2. The topological polar surface area (TPSA) is 41.5 Å². The smallest absolute Gasteiger partial charge is 0.124 e. The molecule has 3 aromatic rings. The van der Waals surface area contributed by atoms with Gasteiger partial charge in [-0.3, -0.25) is 0 Å². The molecule has 3 rings (SSSR count). The zero-order valence-corrected chi connectivity index (χ0v) is 15.5. The Bertz CT molecular complexity index is 856. The monoisotopic (exact) mass is 385 g/mol. The van der Waals surface area contributed by atoms with E-state index in [2.05, 4.69) is 5.32 Å². The van der Waals surface area contributed by atoms with E-state index in [1.807, 2.05) is 54.6 Å². The zero-order valence-electron chi connectivity index (χ0n) is 14.7. The predicted molar refractivity (Wildman–Crippen MR) is 105 cm³/mol. The molecule has 0 heterocycles. The molecule has 0 saturated carbocycles. The van der Waals surface area contributed by atoms with Crippen molar-refractivity contribution in [2.24, 2.45) is 0 Å². The maximum atomic E-state index is 13.1. The van der Waals surface area contributed by atoms with Crippen molar-refractivity contribution in [1.29, 1.82) is 0 Å². The van der Waals surface area contributed by atoms with Gasteiger partial charge in [-0.15, -0.1) is 0 Å². The lowest BCUT2D eigenvalue weighted by molar-refractivity contribution is 0.174. The maximum absolute atomic E-state index is 13.1. The molecule has 1 atom stereocenters. The van der Waals surface area contributed by atoms with Gasteiger partial charge < -0.3 is 15.2 Å². The van der Waals surface area contributed by atoms with E-state index in [1.165, 1.54) is 12.1 Å². The van der Waals surface area contributed by atoms with E-state index in [-0.39, 0.29) is 12.4 Å². The molecular weight excluding hydrogens is 365 g/mol. The fourth-order valence-corrected chi connectivity index (χ4v) is 2.87. The summed E-state index contributed by atoms with van der Waals surface area (Å²) in [6, 6.07) is 21.5. The van der Waals surface area contributed by atoms with Crippen molar-refractivity contribution in [3.8, 4) is 5.75 Å². The lowest BCUT2D eigenvalue weighted by atomic mass is 10.1. The molecule has 140 valence electrons. The summed E-state index contributed by atoms with van der Waals surface area (Å²) >= 11 is 6.00. The Hall–Kier alpha value is -2.40. The minimum Gasteiger partial charge on any atom is -0.489 e. The summed E-state index contributed by atoms with van der Waals surface area (Å²) in [5, 5.41) is 13.7. The second kappa shape index (κ2) is 9.51. The van der Waals surface area contributed by atoms with E-state index in [9.17, 15) is 9.50 Å². The van der Waals surface area contributed by atoms with Crippen LogP contribution in [0.1, 0.15) is 22.8 Å². The van der Waals surface area contributed by atoms with Crippen molar-refractivity contribution < 1.29 is 14.2 Å². The Balaban J connectivity index is 1.46. The van der Waals surface area contributed by atoms with Crippen LogP contribution in [0, 0.1) is 5.82 Å². The molecule has 0 radical (unpaired) electrons. The van der Waals surface area contributed by atoms with Gasteiger partial charge in [0.25, 0.3) is 0 Å². The lowest BCUT2D eigenvalue weighted by Gasteiger charge is -2.12. The molecule has 1 unspecified atom stereocenters. The highest BCUT2D eigenvalue weighted by atomic mass is 35.5. The predicted octanol–water partition coefficient (Wildman–Crippen LogP) is 4.88. The molecule has 0 amide bonds. The van der Waals surface area contributed by atoms with Gasteiger partial charge >= 0.3 is 0 Å². The third-order valence-corrected chi connectivity index (χ3v) is 4.54. The van der Waals surface area contributed by atoms with Crippen molar-refractivity contribution in [3.63, 3.8) is 0 Å². The number of ether oxygens (including phenoxy) is 1. The van der Waals surface area contributed by atoms with E-state index in [1.54, 1.807) is 6.07 Å². The van der Waals surface area contributed by atoms with E-state index in [0.29, 0.717) is 23.9 Å². The Labute approximate surface area is 163 Å². The zero-order chi connectivity index (χ0) is 19.1. The van der Waals surface area contributed by atoms with Gasteiger partial charge in [0.05, 0.1) is 11.1 Å². The number of aliphatic hydroxyl groups is 1. The first-order valence-electron chi connectivity index (χ1n) is 8.71. The van der Waals surface area contributed by atoms with Crippen LogP contribution >= 0.6 is 11.6 Å². The first-order chi connectivity index (χ1) is 13.1. The summed E-state index contributed by atoms with van der Waals surface area (Å²) in [7, 11) is 0. The summed E-state index contributed by atoms with van der Waals surface area (Å²) in [4.78, 5) is 0. The van der Waals surface area contributed by atoms with Crippen LogP contribution in [0.4, 0.5) is 4.39 Å². The fraction of sp³-hybridized carbons (Fsp3) is 0.182. The van der Waals surface area contributed by atoms with Crippen LogP contribution in [0.15, 0.2) is 72.8 Å². The van der Waals surface area contributed by atoms with E-state index in [4.69, 9.17) is 16.3 Å². The second-order valence-electron chi connectivity index (χ2n) is 6.23. The fourth-order valence-electron chi connectivity index (χ4n) is 2.65. The summed E-state index contributed by atoms with van der Waals surface area (Å²) in [6.45, 7) is 1.40. The highest BCUT2D eigenvalue weighted by Gasteiger charge is 2.06. The number of nitrogens with one attached hydrogen (secondary N) is 1. The molecule has 0 bridgehead atoms. The molecular formula is C22H21ClFNO2. The summed E-state index contributed by atoms with van der Waals surface area (Å²) < 4.78 is 18.8. The molecule has 0 spiro atoms. The summed E-state index contributed by atoms with van der Waals surface area (Å²) in [5.41, 5.74) is 2.72. The van der Waals surface area contributed by atoms with Crippen LogP contribution in [-0.4, -0.2) is 11.7 Å². The Kier molecular flexibility index (Phi) is 6.82. The average Bonchev–Trinajstić information content (AvgIpc) is 2.69. The van der Waals surface area contributed by atoms with Crippen LogP contribution in [0.2, 0.25) is 5.02 Å². The maximum Gasteiger partial charge on any atom is 0.124 e. The molecule has 27 heavy (non-hydrogen) atoms. The molecule has 0 saturated heterocycles. The quantitative estimate of drug-likeness (QED) is 0.580. The van der Waals surface area contributed by atoms with Gasteiger partial charge in [0.2, 0.25) is 0 Å². The van der Waals surface area contributed by atoms with Gasteiger partial charge in [0.1, 0.15) is 18.2 Å². The standard InChI is InChI=1S/C22H21ClFNO2/c23-21-12-19(24)9-8-18(21)15-27-20-10-6-16(7-11-20)13-25-14-22(26)17-4-2-1-3-5-17/h1-12,22,25-26H,13-15H2. The SMILES string of the molecule is OC(CNCc1ccc(OCc2ccc(F)cc2Cl)cc1)c1ccccc1. The van der Waals surface area contributed by atoms with E-state index < -0.39 is 6.10 Å². The highest BCUT2D eigenvalue weighted by molar-refractivity contribution is 6.31. The molecule has 3 nitrogen and oxygen atoms in total. The van der Waals surface area contributed by atoms with Crippen molar-refractivity contribution in [2.75, 3.05) is 6.54 Å². The van der Waals surface area contributed by atoms with Crippen LogP contribution in [-0.2, 0) is 13.2 Å². The highest BCUT2D eigenvalue weighted by Crippen LogP contribution is 2.20. The van der Waals surface area contributed by atoms with Crippen LogP contribution < -0.4 is 10.1 Å². The first-order valence-corrected chi connectivity index (χ1v) is 9.09. The molecule has 3 aromatic carbocycles. The Morgan fingerprint density at radius 2 is 1.74 bits per heavy atom. The normalized spacial score (nSPS) is 12.0. The number of aliphatic hydroxyl groups excluding tert-OH is 1. The second-order valence-corrected chi connectivity index (χ2v) is 6.63. The van der Waals surface area contributed by atoms with Gasteiger partial charge in [-0.2, -0.15) is 0 Å². The average molecular weight is 386 g/mol. The Morgan fingerprint density at radius 1 is 1.00 bits per heavy atom. The van der Waals surface area contributed by atoms with Gasteiger partial charge in [0, 0.05) is 18.7 Å². The number of hydrogen-bond acceptors (Lipinski definition) is 3. The molecule has 0 aliphatic rings. The van der Waals surface area contributed by atoms with Gasteiger partial charge in [0.15, 0.2) is 0 Å². The van der Waals surface area contributed by atoms with Gasteiger partial charge in [-0.1, -0.05) is 60.1 Å². The van der Waals surface area contributed by atoms with Crippen molar-refractivity contribution in [1.82, 2.24) is 5.32 Å². The molecule has 2 N–H and O–H groups in total. The number of benzene rings is 3. The molecule has 5 heteroatoms. The summed E-state index contributed by atoms with van der Waals surface area (Å²) in [5.74, 6) is 0.349. The van der Waals surface area contributed by atoms with Crippen molar-refractivity contribution in [3.05, 3.63) is 100 Å².